The van der Waals surface area contributed by atoms with E-state index in [4.69, 9.17) is 4.42 Å². The van der Waals surface area contributed by atoms with Gasteiger partial charge in [0.1, 0.15) is 11.8 Å². The average Bonchev–Trinajstić information content (AvgIpc) is 2.89. The number of nitrogens with zero attached hydrogens (tertiary/aromatic N) is 1. The number of benzene rings is 1. The summed E-state index contributed by atoms with van der Waals surface area (Å²) in [6.45, 7) is 3.96. The van der Waals surface area contributed by atoms with E-state index in [9.17, 15) is 22.0 Å². The van der Waals surface area contributed by atoms with Crippen molar-refractivity contribution in [2.24, 2.45) is 0 Å². The third kappa shape index (κ3) is 2.90. The van der Waals surface area contributed by atoms with Gasteiger partial charge < -0.3 is 9.73 Å². The van der Waals surface area contributed by atoms with Gasteiger partial charge >= 0.3 is 0 Å². The molecule has 0 aliphatic heterocycles. The molecule has 1 aromatic carbocycles. The van der Waals surface area contributed by atoms with Crippen molar-refractivity contribution in [1.29, 1.82) is 0 Å². The minimum Gasteiger partial charge on any atom is -0.444 e. The van der Waals surface area contributed by atoms with Crippen molar-refractivity contribution >= 4 is 0 Å². The SMILES string of the molecule is CC(C)NCc1coc(-c2c(F)c(F)c(F)c(F)c2F)n1. The molecule has 0 aliphatic carbocycles. The highest BCUT2D eigenvalue weighted by Crippen LogP contribution is 2.30. The van der Waals surface area contributed by atoms with Crippen molar-refractivity contribution in [3.05, 3.63) is 41.0 Å². The van der Waals surface area contributed by atoms with Crippen LogP contribution in [0.4, 0.5) is 22.0 Å². The van der Waals surface area contributed by atoms with Gasteiger partial charge in [-0.3, -0.25) is 0 Å². The summed E-state index contributed by atoms with van der Waals surface area (Å²) in [5, 5.41) is 2.97. The van der Waals surface area contributed by atoms with E-state index in [0.717, 1.165) is 6.26 Å². The predicted molar refractivity (Wildman–Crippen MR) is 63.7 cm³/mol. The molecule has 114 valence electrons. The average molecular weight is 306 g/mol. The Morgan fingerprint density at radius 1 is 1.00 bits per heavy atom. The highest BCUT2D eigenvalue weighted by Gasteiger charge is 2.29. The molecule has 3 nitrogen and oxygen atoms in total. The fourth-order valence-electron chi connectivity index (χ4n) is 1.60. The minimum atomic E-state index is -2.22. The molecule has 21 heavy (non-hydrogen) atoms. The van der Waals surface area contributed by atoms with Crippen LogP contribution in [-0.4, -0.2) is 11.0 Å². The number of hydrogen-bond donors (Lipinski definition) is 1. The number of halogens is 5. The molecule has 0 unspecified atom stereocenters. The summed E-state index contributed by atoms with van der Waals surface area (Å²) >= 11 is 0. The first-order valence-corrected chi connectivity index (χ1v) is 6.02. The Bertz CT molecular complexity index is 640. The van der Waals surface area contributed by atoms with Crippen LogP contribution in [0.1, 0.15) is 19.5 Å². The molecule has 0 amide bonds. The number of nitrogens with one attached hydrogen (secondary N) is 1. The van der Waals surface area contributed by atoms with Crippen molar-refractivity contribution in [3.63, 3.8) is 0 Å². The summed E-state index contributed by atoms with van der Waals surface area (Å²) < 4.78 is 71.1. The van der Waals surface area contributed by atoms with Crippen molar-refractivity contribution < 1.29 is 26.4 Å². The van der Waals surface area contributed by atoms with Gasteiger partial charge in [-0.1, -0.05) is 13.8 Å². The van der Waals surface area contributed by atoms with E-state index in [-0.39, 0.29) is 18.3 Å². The molecule has 0 fully saturated rings. The summed E-state index contributed by atoms with van der Waals surface area (Å²) in [4.78, 5) is 3.72. The number of rotatable bonds is 4. The molecular weight excluding hydrogens is 295 g/mol. The zero-order chi connectivity index (χ0) is 15.7. The first-order chi connectivity index (χ1) is 9.82. The highest BCUT2D eigenvalue weighted by atomic mass is 19.2. The van der Waals surface area contributed by atoms with Crippen LogP contribution in [0.25, 0.3) is 11.5 Å². The van der Waals surface area contributed by atoms with Gasteiger partial charge in [0, 0.05) is 12.6 Å². The van der Waals surface area contributed by atoms with Gasteiger partial charge in [-0.05, 0) is 0 Å². The van der Waals surface area contributed by atoms with Crippen LogP contribution >= 0.6 is 0 Å². The third-order valence-corrected chi connectivity index (χ3v) is 2.67. The maximum absolute atomic E-state index is 13.6. The Kier molecular flexibility index (Phi) is 4.26. The Morgan fingerprint density at radius 2 is 1.52 bits per heavy atom. The molecule has 0 saturated heterocycles. The number of aromatic nitrogens is 1. The lowest BCUT2D eigenvalue weighted by Crippen LogP contribution is -2.21. The van der Waals surface area contributed by atoms with Crippen molar-refractivity contribution in [1.82, 2.24) is 10.3 Å². The number of oxazole rings is 1. The molecule has 0 aliphatic rings. The molecule has 1 heterocycles. The molecule has 0 saturated carbocycles. The summed E-state index contributed by atoms with van der Waals surface area (Å²) in [5.74, 6) is -10.9. The van der Waals surface area contributed by atoms with Crippen LogP contribution in [0, 0.1) is 29.1 Å². The van der Waals surface area contributed by atoms with E-state index < -0.39 is 40.5 Å². The quantitative estimate of drug-likeness (QED) is 0.533. The second-order valence-corrected chi connectivity index (χ2v) is 4.62. The molecule has 0 atom stereocenters. The van der Waals surface area contributed by atoms with Crippen LogP contribution in [0.5, 0.6) is 0 Å². The number of hydrogen-bond acceptors (Lipinski definition) is 3. The van der Waals surface area contributed by atoms with Crippen molar-refractivity contribution in [3.8, 4) is 11.5 Å². The van der Waals surface area contributed by atoms with Gasteiger partial charge in [-0.2, -0.15) is 0 Å². The summed E-state index contributed by atoms with van der Waals surface area (Å²) in [5.41, 5.74) is -0.898. The summed E-state index contributed by atoms with van der Waals surface area (Å²) in [7, 11) is 0. The monoisotopic (exact) mass is 306 g/mol. The lowest BCUT2D eigenvalue weighted by molar-refractivity contribution is 0.378. The first kappa shape index (κ1) is 15.4. The maximum Gasteiger partial charge on any atom is 0.232 e. The van der Waals surface area contributed by atoms with E-state index in [2.05, 4.69) is 10.3 Å². The molecule has 2 aromatic rings. The minimum absolute atomic E-state index is 0.124. The molecule has 1 aromatic heterocycles. The lowest BCUT2D eigenvalue weighted by Gasteiger charge is -2.05. The van der Waals surface area contributed by atoms with E-state index in [1.54, 1.807) is 0 Å². The maximum atomic E-state index is 13.6. The molecule has 1 N–H and O–H groups in total. The topological polar surface area (TPSA) is 38.1 Å². The Morgan fingerprint density at radius 3 is 2.05 bits per heavy atom. The smallest absolute Gasteiger partial charge is 0.232 e. The van der Waals surface area contributed by atoms with Gasteiger partial charge in [0.15, 0.2) is 23.3 Å². The van der Waals surface area contributed by atoms with Crippen LogP contribution in [0.2, 0.25) is 0 Å². The van der Waals surface area contributed by atoms with Crippen LogP contribution < -0.4 is 5.32 Å². The normalized spacial score (nSPS) is 11.4. The van der Waals surface area contributed by atoms with Crippen LogP contribution in [-0.2, 0) is 6.54 Å². The first-order valence-electron chi connectivity index (χ1n) is 6.02. The van der Waals surface area contributed by atoms with Gasteiger partial charge in [0.25, 0.3) is 0 Å². The molecule has 0 spiro atoms. The van der Waals surface area contributed by atoms with E-state index >= 15 is 0 Å². The second kappa shape index (κ2) is 5.80. The zero-order valence-electron chi connectivity index (χ0n) is 11.1. The Balaban J connectivity index is 2.43. The van der Waals surface area contributed by atoms with Gasteiger partial charge in [0.2, 0.25) is 11.7 Å². The van der Waals surface area contributed by atoms with Crippen LogP contribution in [0.3, 0.4) is 0 Å². The standard InChI is InChI=1S/C13H11F5N2O/c1-5(2)19-3-6-4-21-13(20-6)7-8(14)10(16)12(18)11(17)9(7)15/h4-5,19H,3H2,1-2H3. The van der Waals surface area contributed by atoms with Crippen LogP contribution in [0.15, 0.2) is 10.7 Å². The summed E-state index contributed by atoms with van der Waals surface area (Å²) in [6.07, 6.45) is 1.09. The Labute approximate surface area is 116 Å². The molecule has 0 radical (unpaired) electrons. The summed E-state index contributed by atoms with van der Waals surface area (Å²) in [6, 6.07) is 0.124. The predicted octanol–water partition coefficient (Wildman–Crippen LogP) is 3.54. The second-order valence-electron chi connectivity index (χ2n) is 4.62. The van der Waals surface area contributed by atoms with Gasteiger partial charge in [-0.15, -0.1) is 0 Å². The van der Waals surface area contributed by atoms with E-state index in [1.165, 1.54) is 0 Å². The lowest BCUT2D eigenvalue weighted by atomic mass is 10.1. The van der Waals surface area contributed by atoms with Crippen molar-refractivity contribution in [2.45, 2.75) is 26.4 Å². The largest absolute Gasteiger partial charge is 0.444 e. The molecule has 0 bridgehead atoms. The Hall–Kier alpha value is -1.96. The van der Waals surface area contributed by atoms with Crippen molar-refractivity contribution in [2.75, 3.05) is 0 Å². The highest BCUT2D eigenvalue weighted by molar-refractivity contribution is 5.56. The molecular formula is C13H11F5N2O. The fourth-order valence-corrected chi connectivity index (χ4v) is 1.60. The fraction of sp³-hybridized carbons (Fsp3) is 0.308. The van der Waals surface area contributed by atoms with Gasteiger partial charge in [0.05, 0.1) is 5.69 Å². The third-order valence-electron chi connectivity index (χ3n) is 2.67. The molecule has 8 heteroatoms. The zero-order valence-corrected chi connectivity index (χ0v) is 11.1. The van der Waals surface area contributed by atoms with Gasteiger partial charge in [-0.25, -0.2) is 26.9 Å². The molecule has 2 rings (SSSR count). The van der Waals surface area contributed by atoms with E-state index in [1.807, 2.05) is 13.8 Å². The van der Waals surface area contributed by atoms with E-state index in [0.29, 0.717) is 0 Å².